The van der Waals surface area contributed by atoms with Crippen LogP contribution in [0, 0.1) is 27.7 Å². The van der Waals surface area contributed by atoms with Crippen molar-refractivity contribution >= 4 is 5.91 Å². The third-order valence-electron chi connectivity index (χ3n) is 4.74. The molecular weight excluding hydrogens is 338 g/mol. The van der Waals surface area contributed by atoms with E-state index in [1.807, 2.05) is 80.4 Å². The number of hydrogen-bond acceptors (Lipinski definition) is 3. The van der Waals surface area contributed by atoms with Crippen molar-refractivity contribution in [2.24, 2.45) is 0 Å². The van der Waals surface area contributed by atoms with Crippen LogP contribution in [0.3, 0.4) is 0 Å². The average Bonchev–Trinajstić information content (AvgIpc) is 3.08. The second-order valence-electron chi connectivity index (χ2n) is 7.15. The van der Waals surface area contributed by atoms with E-state index in [0.29, 0.717) is 13.0 Å². The molecule has 3 aromatic rings. The van der Waals surface area contributed by atoms with Crippen molar-refractivity contribution in [1.29, 1.82) is 0 Å². The third kappa shape index (κ3) is 4.27. The van der Waals surface area contributed by atoms with Gasteiger partial charge in [0.05, 0.1) is 30.0 Å². The van der Waals surface area contributed by atoms with Gasteiger partial charge in [-0.25, -0.2) is 4.68 Å². The van der Waals surface area contributed by atoms with Gasteiger partial charge >= 0.3 is 0 Å². The Labute approximate surface area is 160 Å². The first kappa shape index (κ1) is 18.9. The number of carbonyl (C=O) groups excluding carboxylic acids is 1. The first-order chi connectivity index (χ1) is 12.8. The summed E-state index contributed by atoms with van der Waals surface area (Å²) in [6, 6.07) is 12.0. The second-order valence-corrected chi connectivity index (χ2v) is 7.15. The number of aromatic nitrogens is 4. The van der Waals surface area contributed by atoms with E-state index in [1.165, 1.54) is 0 Å². The highest BCUT2D eigenvalue weighted by atomic mass is 16.1. The number of nitrogens with zero attached hydrogens (tertiary/aromatic N) is 4. The molecule has 6 nitrogen and oxygen atoms in total. The van der Waals surface area contributed by atoms with Gasteiger partial charge in [0, 0.05) is 23.0 Å². The van der Waals surface area contributed by atoms with Crippen LogP contribution in [0.5, 0.6) is 0 Å². The molecule has 1 unspecified atom stereocenters. The molecule has 27 heavy (non-hydrogen) atoms. The highest BCUT2D eigenvalue weighted by Gasteiger charge is 2.17. The standard InChI is InChI=1S/C21H27N5O/c1-14-11-16(3)25(23-14)13-15(2)22-21(27)12-20-17(4)24-26(18(20)5)19-9-7-6-8-10-19/h6-11,15H,12-13H2,1-5H3,(H,22,27). The number of para-hydroxylation sites is 1. The predicted molar refractivity (Wildman–Crippen MR) is 106 cm³/mol. The molecule has 1 atom stereocenters. The van der Waals surface area contributed by atoms with Gasteiger partial charge in [-0.15, -0.1) is 0 Å². The molecule has 1 aromatic carbocycles. The topological polar surface area (TPSA) is 64.7 Å². The number of benzene rings is 1. The van der Waals surface area contributed by atoms with E-state index >= 15 is 0 Å². The lowest BCUT2D eigenvalue weighted by Gasteiger charge is -2.15. The molecule has 2 aromatic heterocycles. The molecule has 1 amide bonds. The molecule has 3 rings (SSSR count). The van der Waals surface area contributed by atoms with Crippen molar-refractivity contribution in [1.82, 2.24) is 24.9 Å². The van der Waals surface area contributed by atoms with Crippen molar-refractivity contribution in [2.75, 3.05) is 0 Å². The maximum atomic E-state index is 12.6. The lowest BCUT2D eigenvalue weighted by atomic mass is 10.1. The molecule has 2 heterocycles. The highest BCUT2D eigenvalue weighted by Crippen LogP contribution is 2.18. The van der Waals surface area contributed by atoms with Crippen LogP contribution in [0.4, 0.5) is 0 Å². The largest absolute Gasteiger partial charge is 0.351 e. The molecule has 0 bridgehead atoms. The molecule has 0 saturated heterocycles. The zero-order valence-corrected chi connectivity index (χ0v) is 16.7. The van der Waals surface area contributed by atoms with Crippen LogP contribution in [0.2, 0.25) is 0 Å². The number of rotatable bonds is 6. The second kappa shape index (κ2) is 7.78. The van der Waals surface area contributed by atoms with Crippen molar-refractivity contribution < 1.29 is 4.79 Å². The molecule has 1 N–H and O–H groups in total. The summed E-state index contributed by atoms with van der Waals surface area (Å²) < 4.78 is 3.83. The Kier molecular flexibility index (Phi) is 5.44. The Morgan fingerprint density at radius 2 is 1.81 bits per heavy atom. The first-order valence-electron chi connectivity index (χ1n) is 9.26. The highest BCUT2D eigenvalue weighted by molar-refractivity contribution is 5.79. The summed E-state index contributed by atoms with van der Waals surface area (Å²) in [6.07, 6.45) is 0.325. The van der Waals surface area contributed by atoms with Crippen molar-refractivity contribution in [2.45, 2.75) is 53.6 Å². The van der Waals surface area contributed by atoms with E-state index in [4.69, 9.17) is 0 Å². The SMILES string of the molecule is Cc1cc(C)n(CC(C)NC(=O)Cc2c(C)nn(-c3ccccc3)c2C)n1. The molecule has 0 aliphatic rings. The number of carbonyl (C=O) groups is 1. The maximum absolute atomic E-state index is 12.6. The van der Waals surface area contributed by atoms with Gasteiger partial charge in [0.2, 0.25) is 5.91 Å². The molecule has 0 aliphatic carbocycles. The summed E-state index contributed by atoms with van der Waals surface area (Å²) >= 11 is 0. The van der Waals surface area contributed by atoms with Crippen LogP contribution in [-0.2, 0) is 17.8 Å². The van der Waals surface area contributed by atoms with Crippen molar-refractivity contribution in [3.8, 4) is 5.69 Å². The van der Waals surface area contributed by atoms with E-state index in [2.05, 4.69) is 15.5 Å². The van der Waals surface area contributed by atoms with Gasteiger partial charge in [0.25, 0.3) is 0 Å². The predicted octanol–water partition coefficient (Wildman–Crippen LogP) is 3.05. The van der Waals surface area contributed by atoms with Gasteiger partial charge in [-0.1, -0.05) is 18.2 Å². The Morgan fingerprint density at radius 3 is 2.44 bits per heavy atom. The van der Waals surface area contributed by atoms with Crippen LogP contribution in [0.1, 0.15) is 35.3 Å². The first-order valence-corrected chi connectivity index (χ1v) is 9.26. The molecule has 0 saturated carbocycles. The van der Waals surface area contributed by atoms with Crippen LogP contribution < -0.4 is 5.32 Å². The quantitative estimate of drug-likeness (QED) is 0.730. The molecule has 0 aliphatic heterocycles. The maximum Gasteiger partial charge on any atom is 0.224 e. The number of nitrogens with one attached hydrogen (secondary N) is 1. The molecular formula is C21H27N5O. The van der Waals surface area contributed by atoms with E-state index in [1.54, 1.807) is 0 Å². The Hall–Kier alpha value is -2.89. The van der Waals surface area contributed by atoms with Crippen LogP contribution in [0.25, 0.3) is 5.69 Å². The average molecular weight is 365 g/mol. The summed E-state index contributed by atoms with van der Waals surface area (Å²) in [5.74, 6) is 0.00263. The zero-order chi connectivity index (χ0) is 19.6. The molecule has 6 heteroatoms. The Balaban J connectivity index is 1.67. The fourth-order valence-electron chi connectivity index (χ4n) is 3.40. The fraction of sp³-hybridized carbons (Fsp3) is 0.381. The summed E-state index contributed by atoms with van der Waals surface area (Å²) in [6.45, 7) is 10.6. The van der Waals surface area contributed by atoms with E-state index < -0.39 is 0 Å². The van der Waals surface area contributed by atoms with E-state index in [-0.39, 0.29) is 11.9 Å². The summed E-state index contributed by atoms with van der Waals surface area (Å²) in [4.78, 5) is 12.6. The van der Waals surface area contributed by atoms with Gasteiger partial charge in [-0.05, 0) is 52.8 Å². The number of hydrogen-bond donors (Lipinski definition) is 1. The van der Waals surface area contributed by atoms with Crippen LogP contribution in [0.15, 0.2) is 36.4 Å². The lowest BCUT2D eigenvalue weighted by molar-refractivity contribution is -0.121. The summed E-state index contributed by atoms with van der Waals surface area (Å²) in [5, 5.41) is 12.2. The Bertz CT molecular complexity index is 939. The van der Waals surface area contributed by atoms with E-state index in [9.17, 15) is 4.79 Å². The molecule has 0 fully saturated rings. The minimum absolute atomic E-state index is 0.000260. The minimum atomic E-state index is 0.000260. The van der Waals surface area contributed by atoms with Gasteiger partial charge in [0.1, 0.15) is 0 Å². The minimum Gasteiger partial charge on any atom is -0.351 e. The monoisotopic (exact) mass is 365 g/mol. The molecule has 0 spiro atoms. The third-order valence-corrected chi connectivity index (χ3v) is 4.74. The Morgan fingerprint density at radius 1 is 1.11 bits per heavy atom. The van der Waals surface area contributed by atoms with Crippen molar-refractivity contribution in [3.63, 3.8) is 0 Å². The smallest absolute Gasteiger partial charge is 0.224 e. The lowest BCUT2D eigenvalue weighted by Crippen LogP contribution is -2.37. The normalized spacial score (nSPS) is 12.2. The zero-order valence-electron chi connectivity index (χ0n) is 16.7. The van der Waals surface area contributed by atoms with Gasteiger partial charge < -0.3 is 5.32 Å². The van der Waals surface area contributed by atoms with Crippen LogP contribution in [-0.4, -0.2) is 31.5 Å². The number of amides is 1. The number of aryl methyl sites for hydroxylation is 3. The van der Waals surface area contributed by atoms with Gasteiger partial charge in [-0.2, -0.15) is 10.2 Å². The van der Waals surface area contributed by atoms with E-state index in [0.717, 1.165) is 34.0 Å². The summed E-state index contributed by atoms with van der Waals surface area (Å²) in [5.41, 5.74) is 5.96. The fourth-order valence-corrected chi connectivity index (χ4v) is 3.40. The molecule has 142 valence electrons. The van der Waals surface area contributed by atoms with Gasteiger partial charge in [0.15, 0.2) is 0 Å². The van der Waals surface area contributed by atoms with Gasteiger partial charge in [-0.3, -0.25) is 9.48 Å². The molecule has 0 radical (unpaired) electrons. The summed E-state index contributed by atoms with van der Waals surface area (Å²) in [7, 11) is 0. The van der Waals surface area contributed by atoms with Crippen LogP contribution >= 0.6 is 0 Å². The van der Waals surface area contributed by atoms with Crippen molar-refractivity contribution in [3.05, 3.63) is 64.7 Å².